The third-order valence-corrected chi connectivity index (χ3v) is 11.1. The van der Waals surface area contributed by atoms with E-state index in [1.54, 1.807) is 0 Å². The summed E-state index contributed by atoms with van der Waals surface area (Å²) in [6.45, 7) is -0.568. The van der Waals surface area contributed by atoms with E-state index in [-0.39, 0.29) is 91.8 Å². The minimum Gasteiger partial charge on any atom is -0.505 e. The predicted octanol–water partition coefficient (Wildman–Crippen LogP) is 6.94. The Balaban J connectivity index is 1.60. The van der Waals surface area contributed by atoms with Gasteiger partial charge in [0.15, 0.2) is 50.1 Å². The first-order chi connectivity index (χ1) is 25.0. The van der Waals surface area contributed by atoms with Crippen LogP contribution in [0.1, 0.15) is 0 Å². The van der Waals surface area contributed by atoms with Gasteiger partial charge in [-0.25, -0.2) is 32.6 Å². The van der Waals surface area contributed by atoms with Crippen LogP contribution in [-0.4, -0.2) is 62.4 Å². The van der Waals surface area contributed by atoms with Crippen LogP contribution in [0.2, 0.25) is 0 Å². The van der Waals surface area contributed by atoms with Gasteiger partial charge in [-0.15, -0.1) is 23.2 Å². The third-order valence-electron chi connectivity index (χ3n) is 6.38. The van der Waals surface area contributed by atoms with Crippen LogP contribution in [0.4, 0.5) is 28.4 Å². The maximum Gasteiger partial charge on any atom is 0.197 e. The Morgan fingerprint density at radius 3 is 1.87 bits per heavy atom. The van der Waals surface area contributed by atoms with Crippen LogP contribution in [0, 0.1) is 0 Å². The molecule has 4 aromatic rings. The van der Waals surface area contributed by atoms with Gasteiger partial charge in [-0.2, -0.15) is 10.2 Å². The highest BCUT2D eigenvalue weighted by Gasteiger charge is 2.20. The monoisotopic (exact) mass is 823 g/mol. The summed E-state index contributed by atoms with van der Waals surface area (Å²) in [4.78, 5) is -0.0742. The zero-order valence-corrected chi connectivity index (χ0v) is 29.9. The number of fused-ring (bicyclic) bond motifs is 1. The zero-order chi connectivity index (χ0) is 37.6. The lowest BCUT2D eigenvalue weighted by molar-refractivity contribution is -0.434. The molecule has 280 valence electrons. The van der Waals surface area contributed by atoms with Crippen molar-refractivity contribution in [3.05, 3.63) is 66.7 Å². The average molecular weight is 824 g/mol. The van der Waals surface area contributed by atoms with Crippen molar-refractivity contribution in [3.63, 3.8) is 0 Å². The molecule has 52 heavy (non-hydrogen) atoms. The molecule has 0 aromatic heterocycles. The predicted molar refractivity (Wildman–Crippen MR) is 183 cm³/mol. The quantitative estimate of drug-likeness (QED) is 0.0142. The molecule has 21 nitrogen and oxygen atoms in total. The van der Waals surface area contributed by atoms with Crippen molar-refractivity contribution in [2.75, 3.05) is 30.5 Å². The van der Waals surface area contributed by atoms with Crippen LogP contribution >= 0.6 is 36.7 Å². The fraction of sp³-hybridized carbons (Fsp3) is 0.154. The first-order valence-corrected chi connectivity index (χ1v) is 19.1. The lowest BCUT2D eigenvalue weighted by Crippen LogP contribution is -2.11. The Hall–Kier alpha value is -3.55. The second-order valence-electron chi connectivity index (χ2n) is 9.49. The highest BCUT2D eigenvalue weighted by molar-refractivity contribution is 7.94. The van der Waals surface area contributed by atoms with Crippen LogP contribution in [0.3, 0.4) is 0 Å². The van der Waals surface area contributed by atoms with E-state index < -0.39 is 36.9 Å². The van der Waals surface area contributed by atoms with Gasteiger partial charge < -0.3 is 10.8 Å². The highest BCUT2D eigenvalue weighted by Crippen LogP contribution is 2.47. The first-order valence-electron chi connectivity index (χ1n) is 13.8. The molecule has 0 saturated carbocycles. The van der Waals surface area contributed by atoms with Gasteiger partial charge in [0.05, 0.1) is 68.5 Å². The van der Waals surface area contributed by atoms with Crippen molar-refractivity contribution in [1.82, 2.24) is 0 Å². The molecule has 4 aromatic carbocycles. The van der Waals surface area contributed by atoms with E-state index in [0.717, 1.165) is 0 Å². The molecule has 0 atom stereocenters. The number of aromatic hydroxyl groups is 1. The number of nitrogen functional groups attached to an aromatic ring is 1. The summed E-state index contributed by atoms with van der Waals surface area (Å²) in [5.74, 6) is -1.27. The number of anilines is 1. The van der Waals surface area contributed by atoms with Gasteiger partial charge in [0, 0.05) is 10.8 Å². The third kappa shape index (κ3) is 11.5. The molecular formula is C26H25N5O16S5. The van der Waals surface area contributed by atoms with Gasteiger partial charge in [-0.1, -0.05) is 21.2 Å². The molecule has 0 heterocycles. The Bertz CT molecular complexity index is 2090. The summed E-state index contributed by atoms with van der Waals surface area (Å²) in [6, 6.07) is 15.2. The molecule has 0 amide bonds. The zero-order valence-electron chi connectivity index (χ0n) is 25.8. The molecule has 4 rings (SSSR count). The van der Waals surface area contributed by atoms with Gasteiger partial charge in [-0.3, -0.25) is 8.37 Å². The van der Waals surface area contributed by atoms with Gasteiger partial charge in [0.2, 0.25) is 0 Å². The number of rotatable bonds is 21. The van der Waals surface area contributed by atoms with Gasteiger partial charge in [0.25, 0.3) is 0 Å². The van der Waals surface area contributed by atoms with E-state index in [2.05, 4.69) is 48.6 Å². The van der Waals surface area contributed by atoms with Gasteiger partial charge in [0.1, 0.15) is 11.4 Å². The average Bonchev–Trinajstić information content (AvgIpc) is 3.13. The number of azo groups is 2. The molecule has 0 aliphatic heterocycles. The number of nitrogens with two attached hydrogens (primary N) is 1. The number of hydrogen-bond acceptors (Lipinski definition) is 24. The van der Waals surface area contributed by atoms with Crippen molar-refractivity contribution in [3.8, 4) is 5.75 Å². The first kappa shape index (κ1) is 41.2. The van der Waals surface area contributed by atoms with Crippen molar-refractivity contribution >= 4 is 95.6 Å². The minimum absolute atomic E-state index is 0.0455. The molecule has 0 saturated heterocycles. The second-order valence-corrected chi connectivity index (χ2v) is 15.5. The molecule has 0 aliphatic carbocycles. The highest BCUT2D eigenvalue weighted by atomic mass is 32.2. The fourth-order valence-electron chi connectivity index (χ4n) is 4.07. The molecule has 0 spiro atoms. The standard InChI is InChI=1S/C26H25N5O16S5/c27-22-9-8-20-21(24(22)30-29-17-2-1-3-19(14-17)52(38,39)13-11-41-50-47-44-35)15-23(48-45-42-33)25(26(20)32)31-28-16-4-6-18(7-5-16)51(36,37)12-10-40-49-46-43-34/h1-9,14-15,32-35H,10-13,27H2. The summed E-state index contributed by atoms with van der Waals surface area (Å²) in [6.07, 6.45) is 0. The Labute approximate surface area is 306 Å². The largest absolute Gasteiger partial charge is 0.505 e. The Morgan fingerprint density at radius 2 is 1.23 bits per heavy atom. The number of phenols is 1. The minimum atomic E-state index is -3.83. The number of phenolic OH excluding ortho intramolecular Hbond substituents is 1. The lowest BCUT2D eigenvalue weighted by Gasteiger charge is -2.11. The number of hydrogen-bond donors (Lipinski definition) is 5. The van der Waals surface area contributed by atoms with Gasteiger partial charge in [-0.05, 0) is 60.7 Å². The van der Waals surface area contributed by atoms with E-state index in [4.69, 9.17) is 29.9 Å². The molecule has 0 bridgehead atoms. The van der Waals surface area contributed by atoms with E-state index in [9.17, 15) is 21.9 Å². The van der Waals surface area contributed by atoms with E-state index in [1.165, 1.54) is 66.7 Å². The molecule has 26 heteroatoms. The molecule has 0 aliphatic rings. The topological polar surface area (TPSA) is 298 Å². The molecule has 6 N–H and O–H groups in total. The summed E-state index contributed by atoms with van der Waals surface area (Å²) < 4.78 is 72.8. The van der Waals surface area contributed by atoms with E-state index >= 15 is 0 Å². The van der Waals surface area contributed by atoms with E-state index in [1.807, 2.05) is 0 Å². The Morgan fingerprint density at radius 1 is 0.635 bits per heavy atom. The molecule has 0 unspecified atom stereocenters. The summed E-state index contributed by atoms with van der Waals surface area (Å²) in [5.41, 5.74) is 6.60. The van der Waals surface area contributed by atoms with Crippen LogP contribution in [0.5, 0.6) is 5.75 Å². The van der Waals surface area contributed by atoms with E-state index in [0.29, 0.717) is 12.0 Å². The van der Waals surface area contributed by atoms with Crippen molar-refractivity contribution in [2.45, 2.75) is 14.7 Å². The smallest absolute Gasteiger partial charge is 0.197 e. The van der Waals surface area contributed by atoms with Gasteiger partial charge >= 0.3 is 0 Å². The number of benzene rings is 4. The van der Waals surface area contributed by atoms with Crippen molar-refractivity contribution in [2.24, 2.45) is 20.5 Å². The number of sulfone groups is 2. The summed E-state index contributed by atoms with van der Waals surface area (Å²) in [7, 11) is -7.60. The second kappa shape index (κ2) is 20.1. The fourth-order valence-corrected chi connectivity index (χ4v) is 7.42. The van der Waals surface area contributed by atoms with Crippen LogP contribution in [0.25, 0.3) is 10.8 Å². The normalized spacial score (nSPS) is 12.4. The maximum atomic E-state index is 12.7. The van der Waals surface area contributed by atoms with Crippen molar-refractivity contribution < 1.29 is 74.2 Å². The maximum absolute atomic E-state index is 12.7. The summed E-state index contributed by atoms with van der Waals surface area (Å²) >= 11 is 0.933. The number of nitrogens with zero attached hydrogens (tertiary/aromatic N) is 4. The van der Waals surface area contributed by atoms with Crippen LogP contribution in [0.15, 0.2) is 102 Å². The van der Waals surface area contributed by atoms with Crippen LogP contribution in [-0.2, 0) is 56.2 Å². The molecular weight excluding hydrogens is 799 g/mol. The summed E-state index contributed by atoms with van der Waals surface area (Å²) in [5, 5.41) is 63.6. The van der Waals surface area contributed by atoms with Crippen LogP contribution < -0.4 is 5.73 Å². The SMILES string of the molecule is Nc1ccc2c(O)c(N=Nc3ccc(S(=O)(=O)CCOSOOO)cc3)c(SOOO)cc2c1N=Nc1cccc(S(=O)(=O)CCOSOOO)c1. The lowest BCUT2D eigenvalue weighted by atomic mass is 10.1. The van der Waals surface area contributed by atoms with Crippen molar-refractivity contribution in [1.29, 1.82) is 0 Å². The molecule has 0 radical (unpaired) electrons. The molecule has 0 fully saturated rings. The Kier molecular flexibility index (Phi) is 15.9.